The van der Waals surface area contributed by atoms with Gasteiger partial charge >= 0.3 is 0 Å². The van der Waals surface area contributed by atoms with E-state index < -0.39 is 0 Å². The third-order valence-corrected chi connectivity index (χ3v) is 4.87. The average molecular weight is 367 g/mol. The second-order valence-corrected chi connectivity index (χ2v) is 6.81. The van der Waals surface area contributed by atoms with E-state index in [1.807, 2.05) is 28.9 Å². The van der Waals surface area contributed by atoms with Crippen molar-refractivity contribution in [1.82, 2.24) is 34.4 Å². The van der Waals surface area contributed by atoms with Gasteiger partial charge in [-0.2, -0.15) is 5.10 Å². The fourth-order valence-corrected chi connectivity index (χ4v) is 3.51. The van der Waals surface area contributed by atoms with Crippen LogP contribution in [0.15, 0.2) is 36.9 Å². The lowest BCUT2D eigenvalue weighted by Gasteiger charge is -2.19. The van der Waals surface area contributed by atoms with E-state index in [1.165, 1.54) is 32.0 Å². The molecule has 8 heteroatoms. The van der Waals surface area contributed by atoms with Crippen molar-refractivity contribution in [3.8, 4) is 11.4 Å². The number of nitrogens with zero attached hydrogens (tertiary/aromatic N) is 7. The van der Waals surface area contributed by atoms with Crippen molar-refractivity contribution < 1.29 is 4.74 Å². The molecule has 1 aliphatic rings. The number of rotatable bonds is 6. The van der Waals surface area contributed by atoms with Gasteiger partial charge in [0.2, 0.25) is 0 Å². The summed E-state index contributed by atoms with van der Waals surface area (Å²) in [4.78, 5) is 11.3. The highest BCUT2D eigenvalue weighted by molar-refractivity contribution is 5.46. The number of ether oxygens (including phenoxy) is 1. The molecule has 0 aliphatic carbocycles. The summed E-state index contributed by atoms with van der Waals surface area (Å²) < 4.78 is 9.20. The molecule has 2 aromatic heterocycles. The van der Waals surface area contributed by atoms with Crippen molar-refractivity contribution >= 4 is 0 Å². The summed E-state index contributed by atoms with van der Waals surface area (Å²) in [5, 5.41) is 8.93. The number of methoxy groups -OCH3 is 1. The Morgan fingerprint density at radius 2 is 1.85 bits per heavy atom. The maximum Gasteiger partial charge on any atom is 0.172 e. The molecule has 1 aliphatic heterocycles. The Kier molecular flexibility index (Phi) is 5.43. The van der Waals surface area contributed by atoms with Crippen LogP contribution in [-0.4, -0.2) is 54.6 Å². The third-order valence-electron chi connectivity index (χ3n) is 4.87. The van der Waals surface area contributed by atoms with E-state index in [1.54, 1.807) is 18.1 Å². The number of para-hydroxylation sites is 2. The summed E-state index contributed by atoms with van der Waals surface area (Å²) in [5.74, 6) is 2.43. The smallest absolute Gasteiger partial charge is 0.172 e. The first-order valence-electron chi connectivity index (χ1n) is 9.46. The Hall–Kier alpha value is -2.74. The van der Waals surface area contributed by atoms with E-state index in [4.69, 9.17) is 14.8 Å². The van der Waals surface area contributed by atoms with Gasteiger partial charge in [0.1, 0.15) is 36.5 Å². The Morgan fingerprint density at radius 1 is 1.04 bits per heavy atom. The minimum absolute atomic E-state index is 0.495. The van der Waals surface area contributed by atoms with Crippen molar-refractivity contribution in [2.24, 2.45) is 0 Å². The highest BCUT2D eigenvalue weighted by Crippen LogP contribution is 2.24. The van der Waals surface area contributed by atoms with Crippen LogP contribution in [0.25, 0.3) is 5.69 Å². The largest absolute Gasteiger partial charge is 0.494 e. The lowest BCUT2D eigenvalue weighted by Crippen LogP contribution is -2.26. The predicted octanol–water partition coefficient (Wildman–Crippen LogP) is 2.29. The Labute approximate surface area is 158 Å². The first kappa shape index (κ1) is 17.7. The molecule has 0 atom stereocenters. The van der Waals surface area contributed by atoms with Gasteiger partial charge in [-0.1, -0.05) is 25.0 Å². The molecular formula is C19H25N7O. The fraction of sp³-hybridized carbons (Fsp3) is 0.474. The first-order chi connectivity index (χ1) is 13.3. The number of hydrogen-bond acceptors (Lipinski definition) is 6. The quantitative estimate of drug-likeness (QED) is 0.665. The molecule has 1 aromatic carbocycles. The van der Waals surface area contributed by atoms with E-state index in [-0.39, 0.29) is 0 Å². The number of benzene rings is 1. The molecule has 142 valence electrons. The summed E-state index contributed by atoms with van der Waals surface area (Å²) >= 11 is 0. The van der Waals surface area contributed by atoms with Crippen LogP contribution in [0.1, 0.15) is 37.3 Å². The van der Waals surface area contributed by atoms with Crippen molar-refractivity contribution in [3.05, 3.63) is 48.6 Å². The maximum atomic E-state index is 5.55. The van der Waals surface area contributed by atoms with Gasteiger partial charge in [0.15, 0.2) is 5.82 Å². The van der Waals surface area contributed by atoms with Gasteiger partial charge in [0.25, 0.3) is 0 Å². The third kappa shape index (κ3) is 4.16. The Morgan fingerprint density at radius 3 is 2.59 bits per heavy atom. The SMILES string of the molecule is COc1ccccc1-n1nc(Cn2cncn2)nc1CN1CCCCCC1. The molecule has 27 heavy (non-hydrogen) atoms. The molecule has 0 unspecified atom stereocenters. The van der Waals surface area contributed by atoms with Crippen molar-refractivity contribution in [3.63, 3.8) is 0 Å². The van der Waals surface area contributed by atoms with E-state index >= 15 is 0 Å². The molecule has 8 nitrogen and oxygen atoms in total. The van der Waals surface area contributed by atoms with Crippen LogP contribution in [-0.2, 0) is 13.1 Å². The molecule has 0 spiro atoms. The summed E-state index contributed by atoms with van der Waals surface area (Å²) in [6.07, 6.45) is 8.32. The summed E-state index contributed by atoms with van der Waals surface area (Å²) in [7, 11) is 1.68. The van der Waals surface area contributed by atoms with Crippen LogP contribution >= 0.6 is 0 Å². The maximum absolute atomic E-state index is 5.55. The lowest BCUT2D eigenvalue weighted by atomic mass is 10.2. The normalized spacial score (nSPS) is 15.6. The number of aromatic nitrogens is 6. The zero-order chi connectivity index (χ0) is 18.5. The molecule has 0 bridgehead atoms. The molecule has 0 N–H and O–H groups in total. The minimum Gasteiger partial charge on any atom is -0.494 e. The topological polar surface area (TPSA) is 73.9 Å². The van der Waals surface area contributed by atoms with Crippen LogP contribution in [0.4, 0.5) is 0 Å². The number of likely N-dealkylation sites (tertiary alicyclic amines) is 1. The second-order valence-electron chi connectivity index (χ2n) is 6.81. The Bertz CT molecular complexity index is 851. The molecule has 1 fully saturated rings. The molecule has 3 aromatic rings. The van der Waals surface area contributed by atoms with Crippen molar-refractivity contribution in [1.29, 1.82) is 0 Å². The van der Waals surface area contributed by atoms with Gasteiger partial charge in [0, 0.05) is 0 Å². The Balaban J connectivity index is 1.67. The summed E-state index contributed by atoms with van der Waals surface area (Å²) in [6, 6.07) is 7.92. The van der Waals surface area contributed by atoms with E-state index in [0.717, 1.165) is 42.7 Å². The van der Waals surface area contributed by atoms with Crippen LogP contribution < -0.4 is 4.74 Å². The first-order valence-corrected chi connectivity index (χ1v) is 9.46. The summed E-state index contributed by atoms with van der Waals surface area (Å²) in [5.41, 5.74) is 0.905. The van der Waals surface area contributed by atoms with Crippen LogP contribution in [0.5, 0.6) is 5.75 Å². The molecule has 0 saturated carbocycles. The van der Waals surface area contributed by atoms with Crippen LogP contribution in [0, 0.1) is 0 Å². The van der Waals surface area contributed by atoms with Gasteiger partial charge in [-0.25, -0.2) is 19.3 Å². The molecule has 0 radical (unpaired) electrons. The van der Waals surface area contributed by atoms with Gasteiger partial charge in [-0.05, 0) is 38.1 Å². The standard InChI is InChI=1S/C19H25N7O/c1-27-17-9-5-4-8-16(17)26-19(13-24-10-6-2-3-7-11-24)22-18(23-26)12-25-15-20-14-21-25/h4-5,8-9,14-15H,2-3,6-7,10-13H2,1H3. The number of hydrogen-bond donors (Lipinski definition) is 0. The monoisotopic (exact) mass is 367 g/mol. The average Bonchev–Trinajstić information content (AvgIpc) is 3.26. The molecular weight excluding hydrogens is 342 g/mol. The van der Waals surface area contributed by atoms with Crippen molar-refractivity contribution in [2.75, 3.05) is 20.2 Å². The van der Waals surface area contributed by atoms with Crippen LogP contribution in [0.3, 0.4) is 0 Å². The van der Waals surface area contributed by atoms with E-state index in [2.05, 4.69) is 15.0 Å². The molecule has 4 rings (SSSR count). The minimum atomic E-state index is 0.495. The van der Waals surface area contributed by atoms with E-state index in [9.17, 15) is 0 Å². The molecule has 0 amide bonds. The highest BCUT2D eigenvalue weighted by Gasteiger charge is 2.18. The zero-order valence-electron chi connectivity index (χ0n) is 15.7. The lowest BCUT2D eigenvalue weighted by molar-refractivity contribution is 0.267. The highest BCUT2D eigenvalue weighted by atomic mass is 16.5. The fourth-order valence-electron chi connectivity index (χ4n) is 3.51. The molecule has 3 heterocycles. The van der Waals surface area contributed by atoms with Crippen LogP contribution in [0.2, 0.25) is 0 Å². The van der Waals surface area contributed by atoms with Gasteiger partial charge in [-0.3, -0.25) is 4.90 Å². The predicted molar refractivity (Wildman–Crippen MR) is 101 cm³/mol. The van der Waals surface area contributed by atoms with Gasteiger partial charge < -0.3 is 4.74 Å². The second kappa shape index (κ2) is 8.30. The van der Waals surface area contributed by atoms with Gasteiger partial charge in [0.05, 0.1) is 13.7 Å². The molecule has 1 saturated heterocycles. The zero-order valence-corrected chi connectivity index (χ0v) is 15.7. The van der Waals surface area contributed by atoms with E-state index in [0.29, 0.717) is 6.54 Å². The van der Waals surface area contributed by atoms with Crippen molar-refractivity contribution in [2.45, 2.75) is 38.8 Å². The van der Waals surface area contributed by atoms with Gasteiger partial charge in [-0.15, -0.1) is 5.10 Å². The summed E-state index contributed by atoms with van der Waals surface area (Å²) in [6.45, 7) is 3.49.